The summed E-state index contributed by atoms with van der Waals surface area (Å²) in [7, 11) is 0. The van der Waals surface area contributed by atoms with Crippen molar-refractivity contribution < 1.29 is 14.3 Å². The Morgan fingerprint density at radius 3 is 2.36 bits per heavy atom. The minimum absolute atomic E-state index is 0.0908. The minimum atomic E-state index is -0.717. The van der Waals surface area contributed by atoms with Crippen molar-refractivity contribution in [3.05, 3.63) is 47.5 Å². The molecule has 196 valence electrons. The van der Waals surface area contributed by atoms with E-state index in [1.165, 1.54) is 12.8 Å². The molecule has 4 rings (SSSR count). The first-order valence-electron chi connectivity index (χ1n) is 12.8. The lowest BCUT2D eigenvalue weighted by molar-refractivity contribution is -0.135. The molecular formula is C26H37ClN6O3. The zero-order valence-corrected chi connectivity index (χ0v) is 22.2. The Morgan fingerprint density at radius 1 is 1.08 bits per heavy atom. The number of nitrogens with zero attached hydrogens (tertiary/aromatic N) is 5. The van der Waals surface area contributed by atoms with Crippen LogP contribution in [0.2, 0.25) is 5.02 Å². The molecule has 2 aromatic rings. The molecule has 9 nitrogen and oxygen atoms in total. The van der Waals surface area contributed by atoms with Crippen molar-refractivity contribution in [3.63, 3.8) is 0 Å². The first-order chi connectivity index (χ1) is 17.2. The van der Waals surface area contributed by atoms with Gasteiger partial charge in [-0.05, 0) is 51.3 Å². The van der Waals surface area contributed by atoms with Crippen molar-refractivity contribution >= 4 is 23.6 Å². The summed E-state index contributed by atoms with van der Waals surface area (Å²) in [4.78, 5) is 34.7. The van der Waals surface area contributed by atoms with Gasteiger partial charge in [0.2, 0.25) is 5.91 Å². The molecular weight excluding hydrogens is 480 g/mol. The number of hydrogen-bond donors (Lipinski definition) is 1. The van der Waals surface area contributed by atoms with Gasteiger partial charge >= 0.3 is 6.09 Å². The van der Waals surface area contributed by atoms with Crippen LogP contribution in [-0.4, -0.2) is 80.4 Å². The van der Waals surface area contributed by atoms with Crippen LogP contribution in [0.4, 0.5) is 4.79 Å². The number of piperazine rings is 1. The number of rotatable bonds is 6. The maximum Gasteiger partial charge on any atom is 0.408 e. The second-order valence-corrected chi connectivity index (χ2v) is 11.1. The van der Waals surface area contributed by atoms with Gasteiger partial charge in [-0.25, -0.2) is 14.5 Å². The summed E-state index contributed by atoms with van der Waals surface area (Å²) in [6.07, 6.45) is 7.81. The van der Waals surface area contributed by atoms with E-state index in [4.69, 9.17) is 16.3 Å². The van der Waals surface area contributed by atoms with Crippen molar-refractivity contribution in [2.75, 3.05) is 26.2 Å². The van der Waals surface area contributed by atoms with Gasteiger partial charge in [0, 0.05) is 43.7 Å². The fourth-order valence-corrected chi connectivity index (χ4v) is 5.34. The Morgan fingerprint density at radius 2 is 1.75 bits per heavy atom. The summed E-state index contributed by atoms with van der Waals surface area (Å²) in [6, 6.07) is 7.33. The molecule has 0 bridgehead atoms. The maximum absolute atomic E-state index is 13.6. The van der Waals surface area contributed by atoms with Crippen molar-refractivity contribution in [1.82, 2.24) is 29.9 Å². The average Bonchev–Trinajstić information content (AvgIpc) is 3.38. The van der Waals surface area contributed by atoms with Gasteiger partial charge in [-0.3, -0.25) is 9.69 Å². The number of aromatic nitrogens is 3. The second-order valence-electron chi connectivity index (χ2n) is 10.7. The molecule has 1 aliphatic carbocycles. The molecule has 0 spiro atoms. The first-order valence-corrected chi connectivity index (χ1v) is 13.2. The first kappa shape index (κ1) is 26.4. The predicted octanol–water partition coefficient (Wildman–Crippen LogP) is 3.70. The van der Waals surface area contributed by atoms with Crippen LogP contribution in [0, 0.1) is 0 Å². The molecule has 2 amide bonds. The number of nitrogens with one attached hydrogen (secondary N) is 1. The van der Waals surface area contributed by atoms with Crippen molar-refractivity contribution in [2.45, 2.75) is 76.6 Å². The van der Waals surface area contributed by atoms with Crippen LogP contribution in [0.25, 0.3) is 0 Å². The fraction of sp³-hybridized carbons (Fsp3) is 0.615. The average molecular weight is 517 g/mol. The molecule has 0 radical (unpaired) electrons. The summed E-state index contributed by atoms with van der Waals surface area (Å²) in [5, 5.41) is 7.85. The van der Waals surface area contributed by atoms with E-state index in [-0.39, 0.29) is 5.91 Å². The van der Waals surface area contributed by atoms with Gasteiger partial charge in [0.15, 0.2) is 0 Å². The molecule has 2 heterocycles. The molecule has 3 atom stereocenters. The Bertz CT molecular complexity index is 1000. The largest absolute Gasteiger partial charge is 0.444 e. The van der Waals surface area contributed by atoms with E-state index in [2.05, 4.69) is 20.3 Å². The molecule has 1 aromatic carbocycles. The zero-order valence-electron chi connectivity index (χ0n) is 21.4. The van der Waals surface area contributed by atoms with Crippen molar-refractivity contribution in [1.29, 1.82) is 0 Å². The normalized spacial score (nSPS) is 22.2. The third kappa shape index (κ3) is 6.97. The van der Waals surface area contributed by atoms with E-state index in [0.717, 1.165) is 31.5 Å². The van der Waals surface area contributed by atoms with Gasteiger partial charge < -0.3 is 15.0 Å². The smallest absolute Gasteiger partial charge is 0.408 e. The van der Waals surface area contributed by atoms with Crippen LogP contribution in [0.15, 0.2) is 36.9 Å². The van der Waals surface area contributed by atoms with E-state index in [1.807, 2.05) is 28.0 Å². The third-order valence-corrected chi connectivity index (χ3v) is 7.16. The van der Waals surface area contributed by atoms with Crippen molar-refractivity contribution in [3.8, 4) is 0 Å². The summed E-state index contributed by atoms with van der Waals surface area (Å²) in [5.74, 6) is -0.0908. The van der Waals surface area contributed by atoms with Gasteiger partial charge in [0.25, 0.3) is 0 Å². The zero-order chi connectivity index (χ0) is 25.7. The van der Waals surface area contributed by atoms with E-state index in [0.29, 0.717) is 36.6 Å². The van der Waals surface area contributed by atoms with Gasteiger partial charge in [-0.1, -0.05) is 36.6 Å². The van der Waals surface area contributed by atoms with Crippen LogP contribution in [-0.2, 0) is 16.0 Å². The Kier molecular flexibility index (Phi) is 8.51. The quantitative estimate of drug-likeness (QED) is 0.629. The highest BCUT2D eigenvalue weighted by atomic mass is 35.5. The molecule has 1 saturated carbocycles. The van der Waals surface area contributed by atoms with Gasteiger partial charge in [0.1, 0.15) is 24.3 Å². The maximum atomic E-state index is 13.6. The molecule has 36 heavy (non-hydrogen) atoms. The summed E-state index contributed by atoms with van der Waals surface area (Å²) in [5.41, 5.74) is 0.273. The van der Waals surface area contributed by atoms with E-state index in [9.17, 15) is 9.59 Å². The SMILES string of the molecule is CC(C)(C)OC(=O)N[C@H](Cc1ccc(Cl)cc1)C(=O)N1CCN([C@@H]2CCCC[C@H]2n2cncn2)CC1. The minimum Gasteiger partial charge on any atom is -0.444 e. The van der Waals surface area contributed by atoms with Crippen LogP contribution >= 0.6 is 11.6 Å². The molecule has 2 aliphatic rings. The molecule has 1 aromatic heterocycles. The van der Waals surface area contributed by atoms with Gasteiger partial charge in [-0.15, -0.1) is 0 Å². The number of hydrogen-bond acceptors (Lipinski definition) is 6. The Hall–Kier alpha value is -2.65. The van der Waals surface area contributed by atoms with E-state index in [1.54, 1.807) is 39.2 Å². The number of carbonyl (C=O) groups is 2. The molecule has 0 unspecified atom stereocenters. The number of carbonyl (C=O) groups excluding carboxylic acids is 2. The van der Waals surface area contributed by atoms with Crippen LogP contribution in [0.1, 0.15) is 58.1 Å². The summed E-state index contributed by atoms with van der Waals surface area (Å²) >= 11 is 6.03. The molecule has 2 fully saturated rings. The topological polar surface area (TPSA) is 92.6 Å². The standard InChI is InChI=1S/C26H37ClN6O3/c1-26(2,3)36-25(35)30-21(16-19-8-10-20(27)11-9-19)24(34)32-14-12-31(13-15-32)22-6-4-5-7-23(22)33-18-28-17-29-33/h8-11,17-18,21-23H,4-7,12-16H2,1-3H3,(H,30,35)/t21-,22-,23-/m1/s1. The van der Waals surface area contributed by atoms with Gasteiger partial charge in [-0.2, -0.15) is 5.10 Å². The summed E-state index contributed by atoms with van der Waals surface area (Å²) in [6.45, 7) is 8.24. The molecule has 10 heteroatoms. The predicted molar refractivity (Wildman–Crippen MR) is 138 cm³/mol. The highest BCUT2D eigenvalue weighted by molar-refractivity contribution is 6.30. The van der Waals surface area contributed by atoms with Gasteiger partial charge in [0.05, 0.1) is 6.04 Å². The van der Waals surface area contributed by atoms with Crippen LogP contribution in [0.5, 0.6) is 0 Å². The Balaban J connectivity index is 1.41. The fourth-order valence-electron chi connectivity index (χ4n) is 5.22. The monoisotopic (exact) mass is 516 g/mol. The number of alkyl carbamates (subject to hydrolysis) is 1. The number of benzene rings is 1. The highest BCUT2D eigenvalue weighted by Gasteiger charge is 2.36. The lowest BCUT2D eigenvalue weighted by Crippen LogP contribution is -2.58. The molecule has 1 aliphatic heterocycles. The Labute approximate surface area is 218 Å². The lowest BCUT2D eigenvalue weighted by atomic mass is 9.89. The molecule has 1 saturated heterocycles. The highest BCUT2D eigenvalue weighted by Crippen LogP contribution is 2.32. The van der Waals surface area contributed by atoms with Crippen LogP contribution < -0.4 is 5.32 Å². The summed E-state index contributed by atoms with van der Waals surface area (Å²) < 4.78 is 7.44. The number of amides is 2. The number of ether oxygens (including phenoxy) is 1. The van der Waals surface area contributed by atoms with Crippen LogP contribution in [0.3, 0.4) is 0 Å². The molecule has 1 N–H and O–H groups in total. The van der Waals surface area contributed by atoms with Crippen molar-refractivity contribution in [2.24, 2.45) is 0 Å². The second kappa shape index (κ2) is 11.6. The number of halogens is 1. The third-order valence-electron chi connectivity index (χ3n) is 6.91. The van der Waals surface area contributed by atoms with E-state index >= 15 is 0 Å². The van der Waals surface area contributed by atoms with E-state index < -0.39 is 17.7 Å². The lowest BCUT2D eigenvalue weighted by Gasteiger charge is -2.44.